The van der Waals surface area contributed by atoms with Gasteiger partial charge in [0.2, 0.25) is 0 Å². The maximum atomic E-state index is 13.3. The van der Waals surface area contributed by atoms with Crippen LogP contribution in [0.15, 0.2) is 53.5 Å². The number of nitrogens with one attached hydrogen (secondary N) is 1. The second kappa shape index (κ2) is 10.8. The lowest BCUT2D eigenvalue weighted by molar-refractivity contribution is 0.0531. The first-order chi connectivity index (χ1) is 13.5. The van der Waals surface area contributed by atoms with Crippen LogP contribution in [0.1, 0.15) is 32.3 Å². The summed E-state index contributed by atoms with van der Waals surface area (Å²) in [4.78, 5) is 4.59. The van der Waals surface area contributed by atoms with Crippen molar-refractivity contribution in [1.29, 1.82) is 0 Å². The van der Waals surface area contributed by atoms with E-state index in [2.05, 4.69) is 10.3 Å². The molecule has 3 rings (SSSR count). The van der Waals surface area contributed by atoms with Gasteiger partial charge in [0.15, 0.2) is 5.96 Å². The smallest absolute Gasteiger partial charge is 0.193 e. The van der Waals surface area contributed by atoms with Crippen LogP contribution in [-0.4, -0.2) is 31.8 Å². The third kappa shape index (κ3) is 6.57. The zero-order chi connectivity index (χ0) is 20.0. The average Bonchev–Trinajstić information content (AvgIpc) is 2.69. The van der Waals surface area contributed by atoms with Gasteiger partial charge in [0, 0.05) is 24.3 Å². The largest absolute Gasteiger partial charge is 0.491 e. The molecule has 2 aromatic carbocycles. The Morgan fingerprint density at radius 2 is 1.76 bits per heavy atom. The fourth-order valence-corrected chi connectivity index (χ4v) is 3.42. The van der Waals surface area contributed by atoms with Gasteiger partial charge >= 0.3 is 0 Å². The molecule has 0 saturated carbocycles. The highest BCUT2D eigenvalue weighted by molar-refractivity contribution is 14.0. The molecule has 1 saturated heterocycles. The van der Waals surface area contributed by atoms with Crippen molar-refractivity contribution in [3.05, 3.63) is 59.9 Å². The standard InChI is InChI=1S/C22H28FN3O2.HI/c1-16(2)28-20-9-7-19(8-10-20)26-21(24)25-15-22(11-13-27-14-12-22)17-3-5-18(23)6-4-17;/h3-10,16H,11-15H2,1-2H3,(H3,24,25,26);1H. The fraction of sp³-hybridized carbons (Fsp3) is 0.409. The second-order valence-corrected chi connectivity index (χ2v) is 7.42. The van der Waals surface area contributed by atoms with Gasteiger partial charge in [0.25, 0.3) is 0 Å². The van der Waals surface area contributed by atoms with Crippen molar-refractivity contribution in [2.24, 2.45) is 10.7 Å². The van der Waals surface area contributed by atoms with Gasteiger partial charge < -0.3 is 20.5 Å². The van der Waals surface area contributed by atoms with Crippen LogP contribution < -0.4 is 15.8 Å². The van der Waals surface area contributed by atoms with Gasteiger partial charge in [-0.25, -0.2) is 4.39 Å². The van der Waals surface area contributed by atoms with E-state index in [9.17, 15) is 4.39 Å². The van der Waals surface area contributed by atoms with Crippen LogP contribution in [-0.2, 0) is 10.2 Å². The van der Waals surface area contributed by atoms with Crippen molar-refractivity contribution >= 4 is 35.6 Å². The molecule has 0 bridgehead atoms. The van der Waals surface area contributed by atoms with Crippen molar-refractivity contribution in [1.82, 2.24) is 0 Å². The van der Waals surface area contributed by atoms with Gasteiger partial charge in [0.1, 0.15) is 11.6 Å². The highest BCUT2D eigenvalue weighted by Gasteiger charge is 2.34. The van der Waals surface area contributed by atoms with Gasteiger partial charge in [0.05, 0.1) is 12.6 Å². The monoisotopic (exact) mass is 513 g/mol. The van der Waals surface area contributed by atoms with E-state index in [4.69, 9.17) is 15.2 Å². The molecule has 1 fully saturated rings. The first kappa shape index (κ1) is 23.4. The molecule has 3 N–H and O–H groups in total. The Morgan fingerprint density at radius 3 is 2.34 bits per heavy atom. The Balaban J connectivity index is 0.00000300. The van der Waals surface area contributed by atoms with Crippen LogP contribution in [0.2, 0.25) is 0 Å². The normalized spacial score (nSPS) is 16.2. The maximum Gasteiger partial charge on any atom is 0.193 e. The molecule has 1 aliphatic heterocycles. The summed E-state index contributed by atoms with van der Waals surface area (Å²) >= 11 is 0. The van der Waals surface area contributed by atoms with E-state index in [-0.39, 0.29) is 41.3 Å². The quantitative estimate of drug-likeness (QED) is 0.334. The minimum Gasteiger partial charge on any atom is -0.491 e. The van der Waals surface area contributed by atoms with Crippen LogP contribution in [0.3, 0.4) is 0 Å². The summed E-state index contributed by atoms with van der Waals surface area (Å²) in [5, 5.41) is 3.12. The number of halogens is 2. The molecule has 0 aliphatic carbocycles. The summed E-state index contributed by atoms with van der Waals surface area (Å²) in [7, 11) is 0. The van der Waals surface area contributed by atoms with E-state index in [0.717, 1.165) is 29.8 Å². The topological polar surface area (TPSA) is 68.9 Å². The Morgan fingerprint density at radius 1 is 1.14 bits per heavy atom. The van der Waals surface area contributed by atoms with Crippen LogP contribution in [0.25, 0.3) is 0 Å². The second-order valence-electron chi connectivity index (χ2n) is 7.42. The molecule has 0 unspecified atom stereocenters. The van der Waals surface area contributed by atoms with E-state index >= 15 is 0 Å². The number of rotatable bonds is 6. The lowest BCUT2D eigenvalue weighted by Gasteiger charge is -2.36. The van der Waals surface area contributed by atoms with Crippen molar-refractivity contribution in [3.8, 4) is 5.75 Å². The van der Waals surface area contributed by atoms with E-state index in [0.29, 0.717) is 25.7 Å². The van der Waals surface area contributed by atoms with Crippen LogP contribution in [0.4, 0.5) is 10.1 Å². The Labute approximate surface area is 188 Å². The molecule has 5 nitrogen and oxygen atoms in total. The van der Waals surface area contributed by atoms with Crippen molar-refractivity contribution in [2.75, 3.05) is 25.1 Å². The van der Waals surface area contributed by atoms with Gasteiger partial charge in [-0.1, -0.05) is 12.1 Å². The van der Waals surface area contributed by atoms with Gasteiger partial charge in [-0.05, 0) is 68.7 Å². The molecule has 0 atom stereocenters. The lowest BCUT2D eigenvalue weighted by Crippen LogP contribution is -2.38. The summed E-state index contributed by atoms with van der Waals surface area (Å²) in [6.07, 6.45) is 1.79. The summed E-state index contributed by atoms with van der Waals surface area (Å²) in [6, 6.07) is 14.3. The average molecular weight is 513 g/mol. The van der Waals surface area contributed by atoms with E-state index in [1.54, 1.807) is 0 Å². The summed E-state index contributed by atoms with van der Waals surface area (Å²) in [5.74, 6) is 0.930. The Kier molecular flexibility index (Phi) is 8.70. The van der Waals surface area contributed by atoms with Crippen molar-refractivity contribution in [3.63, 3.8) is 0 Å². The van der Waals surface area contributed by atoms with Crippen molar-refractivity contribution < 1.29 is 13.9 Å². The zero-order valence-electron chi connectivity index (χ0n) is 16.9. The first-order valence-electron chi connectivity index (χ1n) is 9.64. The number of hydrogen-bond acceptors (Lipinski definition) is 3. The van der Waals surface area contributed by atoms with E-state index in [1.807, 2.05) is 50.2 Å². The Hall–Kier alpha value is -1.87. The number of guanidine groups is 1. The number of hydrogen-bond donors (Lipinski definition) is 2. The van der Waals surface area contributed by atoms with Gasteiger partial charge in [-0.15, -0.1) is 24.0 Å². The summed E-state index contributed by atoms with van der Waals surface area (Å²) in [6.45, 7) is 5.83. The maximum absolute atomic E-state index is 13.3. The fourth-order valence-electron chi connectivity index (χ4n) is 3.42. The SMILES string of the molecule is CC(C)Oc1ccc(NC(N)=NCC2(c3ccc(F)cc3)CCOCC2)cc1.I. The molecule has 0 aromatic heterocycles. The molecule has 0 radical (unpaired) electrons. The highest BCUT2D eigenvalue weighted by Crippen LogP contribution is 2.35. The number of anilines is 1. The highest BCUT2D eigenvalue weighted by atomic mass is 127. The molecule has 0 spiro atoms. The molecular formula is C22H29FIN3O2. The van der Waals surface area contributed by atoms with Crippen LogP contribution in [0.5, 0.6) is 5.75 Å². The van der Waals surface area contributed by atoms with E-state index < -0.39 is 0 Å². The minimum atomic E-state index is -0.236. The summed E-state index contributed by atoms with van der Waals surface area (Å²) in [5.41, 5.74) is 7.85. The third-order valence-electron chi connectivity index (χ3n) is 4.96. The van der Waals surface area contributed by atoms with Crippen molar-refractivity contribution in [2.45, 2.75) is 38.2 Å². The molecule has 1 aliphatic rings. The van der Waals surface area contributed by atoms with Gasteiger partial charge in [-0.2, -0.15) is 0 Å². The molecule has 2 aromatic rings. The lowest BCUT2D eigenvalue weighted by atomic mass is 9.74. The molecule has 1 heterocycles. The van der Waals surface area contributed by atoms with Crippen LogP contribution in [0, 0.1) is 5.82 Å². The van der Waals surface area contributed by atoms with Crippen LogP contribution >= 0.6 is 24.0 Å². The third-order valence-corrected chi connectivity index (χ3v) is 4.96. The molecule has 158 valence electrons. The van der Waals surface area contributed by atoms with Gasteiger partial charge in [-0.3, -0.25) is 4.99 Å². The number of benzene rings is 2. The first-order valence-corrected chi connectivity index (χ1v) is 9.64. The van der Waals surface area contributed by atoms with E-state index in [1.165, 1.54) is 12.1 Å². The predicted octanol–water partition coefficient (Wildman–Crippen LogP) is 4.71. The Bertz CT molecular complexity index is 789. The number of nitrogens with zero attached hydrogens (tertiary/aromatic N) is 1. The molecular weight excluding hydrogens is 484 g/mol. The minimum absolute atomic E-state index is 0. The number of nitrogens with two attached hydrogens (primary N) is 1. The predicted molar refractivity (Wildman–Crippen MR) is 126 cm³/mol. The zero-order valence-corrected chi connectivity index (χ0v) is 19.2. The molecule has 7 heteroatoms. The number of ether oxygens (including phenoxy) is 2. The molecule has 0 amide bonds. The number of aliphatic imine (C=N–C) groups is 1. The molecule has 29 heavy (non-hydrogen) atoms. The summed E-state index contributed by atoms with van der Waals surface area (Å²) < 4.78 is 24.5.